The number of aliphatic hydroxyl groups excluding tert-OH is 1. The van der Waals surface area contributed by atoms with Crippen LogP contribution in [0.5, 0.6) is 0 Å². The second-order valence-electron chi connectivity index (χ2n) is 5.20. The number of hydrogen-bond donors (Lipinski definition) is 1. The summed E-state index contributed by atoms with van der Waals surface area (Å²) in [5.41, 5.74) is 1.06. The zero-order valence-electron chi connectivity index (χ0n) is 12.0. The van der Waals surface area contributed by atoms with Crippen LogP contribution in [0.15, 0.2) is 18.2 Å². The fourth-order valence-electron chi connectivity index (χ4n) is 2.69. The van der Waals surface area contributed by atoms with Crippen LogP contribution in [0.3, 0.4) is 0 Å². The van der Waals surface area contributed by atoms with Gasteiger partial charge in [0.25, 0.3) is 0 Å². The summed E-state index contributed by atoms with van der Waals surface area (Å²) in [5.74, 6) is -0.313. The largest absolute Gasteiger partial charge is 0.389 e. The second kappa shape index (κ2) is 6.22. The van der Waals surface area contributed by atoms with Gasteiger partial charge in [0.1, 0.15) is 5.82 Å². The van der Waals surface area contributed by atoms with E-state index >= 15 is 0 Å². The van der Waals surface area contributed by atoms with Crippen molar-refractivity contribution in [3.8, 4) is 0 Å². The molecule has 1 aromatic rings. The quantitative estimate of drug-likeness (QED) is 0.900. The Kier molecular flexibility index (Phi) is 4.60. The molecule has 110 valence electrons. The Balaban J connectivity index is 2.24. The summed E-state index contributed by atoms with van der Waals surface area (Å²) in [4.78, 5) is 15.3. The molecule has 1 N–H and O–H groups in total. The van der Waals surface area contributed by atoms with E-state index in [1.807, 2.05) is 11.0 Å². The Morgan fingerprint density at radius 2 is 2.05 bits per heavy atom. The van der Waals surface area contributed by atoms with Gasteiger partial charge in [-0.2, -0.15) is 0 Å². The van der Waals surface area contributed by atoms with Crippen molar-refractivity contribution >= 4 is 11.6 Å². The lowest BCUT2D eigenvalue weighted by atomic mass is 10.1. The van der Waals surface area contributed by atoms with E-state index in [0.29, 0.717) is 18.7 Å². The minimum Gasteiger partial charge on any atom is -0.389 e. The van der Waals surface area contributed by atoms with Gasteiger partial charge in [0.15, 0.2) is 0 Å². The molecule has 20 heavy (non-hydrogen) atoms. The van der Waals surface area contributed by atoms with Gasteiger partial charge in [-0.05, 0) is 25.5 Å². The number of nitrogens with zero attached hydrogens (tertiary/aromatic N) is 2. The third-order valence-corrected chi connectivity index (χ3v) is 3.73. The van der Waals surface area contributed by atoms with Crippen LogP contribution < -0.4 is 4.90 Å². The Morgan fingerprint density at radius 1 is 1.30 bits per heavy atom. The summed E-state index contributed by atoms with van der Waals surface area (Å²) in [7, 11) is 0. The number of anilines is 1. The number of aliphatic hydroxyl groups is 1. The Bertz CT molecular complexity index is 491. The first-order chi connectivity index (χ1) is 9.50. The van der Waals surface area contributed by atoms with Gasteiger partial charge < -0.3 is 14.9 Å². The highest BCUT2D eigenvalue weighted by Crippen LogP contribution is 2.29. The molecule has 1 aromatic carbocycles. The van der Waals surface area contributed by atoms with Crippen LogP contribution in [-0.4, -0.2) is 42.1 Å². The van der Waals surface area contributed by atoms with E-state index < -0.39 is 6.10 Å². The lowest BCUT2D eigenvalue weighted by Crippen LogP contribution is -2.34. The zero-order chi connectivity index (χ0) is 14.7. The van der Waals surface area contributed by atoms with Gasteiger partial charge in [-0.25, -0.2) is 4.39 Å². The van der Waals surface area contributed by atoms with Crippen molar-refractivity contribution in [2.45, 2.75) is 26.4 Å². The smallest absolute Gasteiger partial charge is 0.219 e. The van der Waals surface area contributed by atoms with Crippen LogP contribution in [0.1, 0.15) is 31.9 Å². The van der Waals surface area contributed by atoms with Gasteiger partial charge in [0, 0.05) is 44.4 Å². The van der Waals surface area contributed by atoms with E-state index in [-0.39, 0.29) is 11.7 Å². The average molecular weight is 280 g/mol. The molecule has 0 aromatic heterocycles. The highest BCUT2D eigenvalue weighted by atomic mass is 19.1. The first-order valence-corrected chi connectivity index (χ1v) is 6.97. The first kappa shape index (κ1) is 14.8. The molecule has 2 rings (SSSR count). The van der Waals surface area contributed by atoms with E-state index in [9.17, 15) is 14.3 Å². The van der Waals surface area contributed by atoms with E-state index in [0.717, 1.165) is 25.2 Å². The molecule has 1 heterocycles. The fourth-order valence-corrected chi connectivity index (χ4v) is 2.69. The number of carbonyl (C=O) groups excluding carboxylic acids is 1. The highest BCUT2D eigenvalue weighted by Gasteiger charge is 2.21. The van der Waals surface area contributed by atoms with Crippen molar-refractivity contribution in [3.63, 3.8) is 0 Å². The summed E-state index contributed by atoms with van der Waals surface area (Å²) in [6.07, 6.45) is -0.00614. The average Bonchev–Trinajstić information content (AvgIpc) is 2.63. The molecule has 1 atom stereocenters. The minimum atomic E-state index is -0.849. The summed E-state index contributed by atoms with van der Waals surface area (Å²) in [5, 5.41) is 9.80. The summed E-state index contributed by atoms with van der Waals surface area (Å²) in [6, 6.07) is 4.85. The molecular formula is C15H21FN2O2. The predicted octanol–water partition coefficient (Wildman–Crippen LogP) is 1.94. The van der Waals surface area contributed by atoms with Crippen LogP contribution >= 0.6 is 0 Å². The molecule has 0 spiro atoms. The Morgan fingerprint density at radius 3 is 2.70 bits per heavy atom. The van der Waals surface area contributed by atoms with Crippen LogP contribution in [-0.2, 0) is 4.79 Å². The lowest BCUT2D eigenvalue weighted by molar-refractivity contribution is -0.128. The predicted molar refractivity (Wildman–Crippen MR) is 76.1 cm³/mol. The third-order valence-electron chi connectivity index (χ3n) is 3.73. The van der Waals surface area contributed by atoms with Gasteiger partial charge >= 0.3 is 0 Å². The number of hydrogen-bond acceptors (Lipinski definition) is 3. The fraction of sp³-hybridized carbons (Fsp3) is 0.533. The van der Waals surface area contributed by atoms with Crippen LogP contribution in [0, 0.1) is 5.82 Å². The van der Waals surface area contributed by atoms with E-state index in [2.05, 4.69) is 0 Å². The summed E-state index contributed by atoms with van der Waals surface area (Å²) < 4.78 is 13.9. The van der Waals surface area contributed by atoms with Gasteiger partial charge in [-0.1, -0.05) is 6.07 Å². The van der Waals surface area contributed by atoms with Crippen molar-refractivity contribution in [2.24, 2.45) is 0 Å². The highest BCUT2D eigenvalue weighted by molar-refractivity contribution is 5.73. The van der Waals surface area contributed by atoms with Crippen molar-refractivity contribution in [1.82, 2.24) is 4.90 Å². The molecule has 4 nitrogen and oxygen atoms in total. The van der Waals surface area contributed by atoms with Crippen LogP contribution in [0.25, 0.3) is 0 Å². The molecule has 0 bridgehead atoms. The van der Waals surface area contributed by atoms with Crippen molar-refractivity contribution in [3.05, 3.63) is 29.6 Å². The lowest BCUT2D eigenvalue weighted by Gasteiger charge is -2.26. The molecule has 0 saturated carbocycles. The topological polar surface area (TPSA) is 43.8 Å². The molecule has 1 fully saturated rings. The third kappa shape index (κ3) is 3.10. The maximum Gasteiger partial charge on any atom is 0.219 e. The number of amides is 1. The number of halogens is 1. The standard InChI is InChI=1S/C15H21FN2O2/c1-11(19)15-13(16)5-3-6-14(15)18-8-4-7-17(9-10-18)12(2)20/h3,5-6,11,19H,4,7-10H2,1-2H3/t11-/m0/s1. The van der Waals surface area contributed by atoms with Gasteiger partial charge in [0.2, 0.25) is 5.91 Å². The molecule has 1 amide bonds. The molecule has 0 aliphatic carbocycles. The molecule has 1 saturated heterocycles. The molecule has 5 heteroatoms. The molecule has 1 aliphatic rings. The van der Waals surface area contributed by atoms with Crippen molar-refractivity contribution < 1.29 is 14.3 Å². The van der Waals surface area contributed by atoms with Gasteiger partial charge in [0.05, 0.1) is 6.10 Å². The SMILES string of the molecule is CC(=O)N1CCCN(c2cccc(F)c2[C@H](C)O)CC1. The van der Waals surface area contributed by atoms with Crippen molar-refractivity contribution in [1.29, 1.82) is 0 Å². The maximum atomic E-state index is 13.9. The zero-order valence-corrected chi connectivity index (χ0v) is 12.0. The normalized spacial score (nSPS) is 17.8. The molecule has 0 radical (unpaired) electrons. The van der Waals surface area contributed by atoms with Crippen LogP contribution in [0.4, 0.5) is 10.1 Å². The summed E-state index contributed by atoms with van der Waals surface area (Å²) in [6.45, 7) is 5.91. The van der Waals surface area contributed by atoms with Crippen molar-refractivity contribution in [2.75, 3.05) is 31.1 Å². The molecule has 1 aliphatic heterocycles. The number of benzene rings is 1. The molecular weight excluding hydrogens is 259 g/mol. The number of rotatable bonds is 2. The molecule has 0 unspecified atom stereocenters. The van der Waals surface area contributed by atoms with E-state index in [4.69, 9.17) is 0 Å². The number of carbonyl (C=O) groups is 1. The Hall–Kier alpha value is -1.62. The minimum absolute atomic E-state index is 0.0711. The maximum absolute atomic E-state index is 13.9. The van der Waals surface area contributed by atoms with E-state index in [1.165, 1.54) is 6.07 Å². The van der Waals surface area contributed by atoms with Crippen LogP contribution in [0.2, 0.25) is 0 Å². The van der Waals surface area contributed by atoms with Gasteiger partial charge in [-0.15, -0.1) is 0 Å². The monoisotopic (exact) mass is 280 g/mol. The van der Waals surface area contributed by atoms with E-state index in [1.54, 1.807) is 24.8 Å². The Labute approximate surface area is 118 Å². The second-order valence-corrected chi connectivity index (χ2v) is 5.20. The summed E-state index contributed by atoms with van der Waals surface area (Å²) >= 11 is 0. The van der Waals surface area contributed by atoms with Gasteiger partial charge in [-0.3, -0.25) is 4.79 Å². The first-order valence-electron chi connectivity index (χ1n) is 6.97.